The third-order valence-corrected chi connectivity index (χ3v) is 0. The van der Waals surface area contributed by atoms with Crippen LogP contribution in [0.5, 0.6) is 0 Å². The minimum absolute atomic E-state index is 1.54. The Kier molecular flexibility index (Phi) is 34.7. The lowest BCUT2D eigenvalue weighted by molar-refractivity contribution is 1.48. The number of nitrogens with two attached hydrogens (primary N) is 1. The van der Waals surface area contributed by atoms with Gasteiger partial charge in [0.1, 0.15) is 1.41 Å². The fourth-order valence-electron chi connectivity index (χ4n) is 0. The molecule has 28 valence electrons. The molecule has 0 heterocycles. The molecule has 0 saturated carbocycles. The van der Waals surface area contributed by atoms with Crippen LogP contribution in [-0.2, 0) is 0 Å². The summed E-state index contributed by atoms with van der Waals surface area (Å²) >= 11 is 4.24. The minimum Gasteiger partial charge on any atom is -0.333 e. The van der Waals surface area contributed by atoms with Crippen LogP contribution in [0.2, 0.25) is 1.41 Å². The van der Waals surface area contributed by atoms with Crippen molar-refractivity contribution in [2.24, 2.45) is 5.73 Å². The molecule has 0 aliphatic heterocycles. The van der Waals surface area contributed by atoms with E-state index in [0.29, 0.717) is 0 Å². The Balaban J connectivity index is 0. The quantitative estimate of drug-likeness (QED) is 0.668. The molecule has 0 radical (unpaired) electrons. The molecule has 0 aromatic carbocycles. The summed E-state index contributed by atoms with van der Waals surface area (Å²) in [4.78, 5) is 0. The fourth-order valence-corrected chi connectivity index (χ4v) is 0. The van der Waals surface area contributed by atoms with Gasteiger partial charge in [-0.05, 0) is 7.05 Å². The molecule has 0 rings (SSSR count). The van der Waals surface area contributed by atoms with Gasteiger partial charge in [0.25, 0.3) is 0 Å². The molecule has 4 heavy (non-hydrogen) atoms. The van der Waals surface area contributed by atoms with Gasteiger partial charge in [-0.15, -0.1) is 0 Å². The normalized spacial score (nSPS) is 6.25. The SMILES string of the molecule is II.[2H]NC. The van der Waals surface area contributed by atoms with Gasteiger partial charge in [0.05, 0.1) is 0 Å². The summed E-state index contributed by atoms with van der Waals surface area (Å²) in [6, 6.07) is 0. The Morgan fingerprint density at radius 3 is 2.00 bits per heavy atom. The van der Waals surface area contributed by atoms with Crippen LogP contribution < -0.4 is 5.73 Å². The summed E-state index contributed by atoms with van der Waals surface area (Å²) in [5.74, 6) is 0. The third-order valence-electron chi connectivity index (χ3n) is 0. The highest BCUT2D eigenvalue weighted by atomic mass is 128. The molecule has 0 aromatic rings. The average molecular weight is 286 g/mol. The summed E-state index contributed by atoms with van der Waals surface area (Å²) in [6.45, 7) is 0. The number of hydrogen-bond acceptors (Lipinski definition) is 1. The zero-order valence-electron chi connectivity index (χ0n) is 3.26. The minimum atomic E-state index is 1.54. The largest absolute Gasteiger partial charge is 0.333 e. The van der Waals surface area contributed by atoms with Gasteiger partial charge in [0.2, 0.25) is 0 Å². The highest BCUT2D eigenvalue weighted by molar-refractivity contribution is 15.0. The first kappa shape index (κ1) is 5.42. The van der Waals surface area contributed by atoms with Gasteiger partial charge < -0.3 is 5.73 Å². The average Bonchev–Trinajstić information content (AvgIpc) is 1.46. The van der Waals surface area contributed by atoms with Gasteiger partial charge in [-0.1, -0.05) is 0 Å². The Bertz CT molecular complexity index is 9.61. The lowest BCUT2D eigenvalue weighted by atomic mass is 11.6. The van der Waals surface area contributed by atoms with Crippen LogP contribution in [0.3, 0.4) is 0 Å². The van der Waals surface area contributed by atoms with Crippen molar-refractivity contribution in [2.75, 3.05) is 7.05 Å². The molecule has 0 aliphatic carbocycles. The first-order valence-corrected chi connectivity index (χ1v) is 6.93. The van der Waals surface area contributed by atoms with E-state index in [4.69, 9.17) is 1.41 Å². The van der Waals surface area contributed by atoms with Crippen molar-refractivity contribution < 1.29 is 1.41 Å². The van der Waals surface area contributed by atoms with E-state index in [1.807, 2.05) is 5.73 Å². The molecular weight excluding hydrogens is 280 g/mol. The Labute approximate surface area is 51.1 Å². The maximum atomic E-state index is 5.96. The highest BCUT2D eigenvalue weighted by Crippen LogP contribution is 1.89. The van der Waals surface area contributed by atoms with Crippen LogP contribution in [0, 0.1) is 0 Å². The predicted octanol–water partition coefficient (Wildman–Crippen LogP) is 1.35. The second-order valence-electron chi connectivity index (χ2n) is 0. The van der Waals surface area contributed by atoms with E-state index in [0.717, 1.165) is 0 Å². The summed E-state index contributed by atoms with van der Waals surface area (Å²) in [5, 5.41) is 0. The van der Waals surface area contributed by atoms with Crippen molar-refractivity contribution >= 4 is 37.2 Å². The first-order chi connectivity index (χ1) is 2.41. The number of hydrogen-bond donors (Lipinski definition) is 1. The molecule has 0 saturated heterocycles. The van der Waals surface area contributed by atoms with E-state index in [-0.39, 0.29) is 0 Å². The molecule has 0 aromatic heterocycles. The molecule has 0 unspecified atom stereocenters. The van der Waals surface area contributed by atoms with Gasteiger partial charge in [0, 0.05) is 37.2 Å². The standard InChI is InChI=1S/CH5N.I2/c2*1-2/h2H2,1H3;/i/hD. The fraction of sp³-hybridized carbons (Fsp3) is 1.00. The monoisotopic (exact) mass is 286 g/mol. The third kappa shape index (κ3) is 9.93. The Hall–Kier alpha value is 1.42. The van der Waals surface area contributed by atoms with E-state index in [1.165, 1.54) is 0 Å². The summed E-state index contributed by atoms with van der Waals surface area (Å²) in [7, 11) is 1.54. The Morgan fingerprint density at radius 1 is 2.00 bits per heavy atom. The molecule has 0 bridgehead atoms. The van der Waals surface area contributed by atoms with E-state index in [2.05, 4.69) is 37.2 Å². The lowest BCUT2D eigenvalue weighted by Gasteiger charge is -1.19. The van der Waals surface area contributed by atoms with Crippen LogP contribution in [0.1, 0.15) is 0 Å². The van der Waals surface area contributed by atoms with Crippen molar-refractivity contribution in [1.82, 2.24) is 0 Å². The maximum Gasteiger partial charge on any atom is 0.118 e. The second kappa shape index (κ2) is 25.6. The molecule has 0 amide bonds. The van der Waals surface area contributed by atoms with E-state index >= 15 is 0 Å². The van der Waals surface area contributed by atoms with Crippen molar-refractivity contribution in [2.45, 2.75) is 0 Å². The lowest BCUT2D eigenvalue weighted by Crippen LogP contribution is -1.69. The summed E-state index contributed by atoms with van der Waals surface area (Å²) in [5.41, 5.74) is 2.00. The van der Waals surface area contributed by atoms with Crippen LogP contribution >= 0.6 is 37.2 Å². The van der Waals surface area contributed by atoms with Crippen molar-refractivity contribution in [1.29, 1.82) is 0 Å². The number of halogens is 2. The molecular formula is CH5I2N. The van der Waals surface area contributed by atoms with E-state index in [1.54, 1.807) is 7.05 Å². The van der Waals surface area contributed by atoms with Gasteiger partial charge in [-0.3, -0.25) is 0 Å². The van der Waals surface area contributed by atoms with Crippen LogP contribution in [-0.4, -0.2) is 7.05 Å². The molecule has 0 spiro atoms. The molecule has 0 aliphatic rings. The van der Waals surface area contributed by atoms with Gasteiger partial charge >= 0.3 is 0 Å². The van der Waals surface area contributed by atoms with Crippen LogP contribution in [0.25, 0.3) is 0 Å². The molecule has 0 atom stereocenters. The van der Waals surface area contributed by atoms with E-state index < -0.39 is 0 Å². The zero-order valence-corrected chi connectivity index (χ0v) is 6.57. The van der Waals surface area contributed by atoms with Gasteiger partial charge in [0.15, 0.2) is 0 Å². The smallest absolute Gasteiger partial charge is 0.118 e. The summed E-state index contributed by atoms with van der Waals surface area (Å²) < 4.78 is 5.96. The van der Waals surface area contributed by atoms with Crippen molar-refractivity contribution in [3.63, 3.8) is 0 Å². The van der Waals surface area contributed by atoms with Crippen LogP contribution in [0.4, 0.5) is 0 Å². The maximum absolute atomic E-state index is 5.96. The summed E-state index contributed by atoms with van der Waals surface area (Å²) in [6.07, 6.45) is 0. The zero-order chi connectivity index (χ0) is 4.71. The van der Waals surface area contributed by atoms with Gasteiger partial charge in [-0.25, -0.2) is 0 Å². The highest BCUT2D eigenvalue weighted by Gasteiger charge is 1.00. The van der Waals surface area contributed by atoms with E-state index in [9.17, 15) is 0 Å². The molecule has 0 fully saturated rings. The second-order valence-corrected chi connectivity index (χ2v) is 0. The predicted molar refractivity (Wildman–Crippen MR) is 38.2 cm³/mol. The Morgan fingerprint density at radius 2 is 2.00 bits per heavy atom. The number of rotatable bonds is 0. The molecule has 1 nitrogen and oxygen atoms in total. The van der Waals surface area contributed by atoms with Crippen LogP contribution in [0.15, 0.2) is 0 Å². The van der Waals surface area contributed by atoms with Crippen molar-refractivity contribution in [3.05, 3.63) is 0 Å². The molecule has 2 N–H and O–H groups in total. The van der Waals surface area contributed by atoms with Gasteiger partial charge in [-0.2, -0.15) is 0 Å². The first-order valence-electron chi connectivity index (χ1n) is 1.14. The topological polar surface area (TPSA) is 26.0 Å². The molecule has 3 heteroatoms. The van der Waals surface area contributed by atoms with Crippen molar-refractivity contribution in [3.8, 4) is 0 Å².